The molecular weight excluding hydrogens is 451 g/mol. The van der Waals surface area contributed by atoms with Gasteiger partial charge in [-0.15, -0.1) is 0 Å². The molecule has 0 amide bonds. The second-order valence-corrected chi connectivity index (χ2v) is 10.6. The van der Waals surface area contributed by atoms with Crippen molar-refractivity contribution < 1.29 is 4.39 Å². The predicted molar refractivity (Wildman–Crippen MR) is 151 cm³/mol. The van der Waals surface area contributed by atoms with Gasteiger partial charge in [-0.3, -0.25) is 0 Å². The topological polar surface area (TPSA) is 0 Å². The molecule has 0 fully saturated rings. The largest absolute Gasteiger partial charge is 0.206 e. The Bertz CT molecular complexity index is 1930. The third kappa shape index (κ3) is 3.41. The zero-order chi connectivity index (χ0) is 25.1. The highest BCUT2D eigenvalue weighted by molar-refractivity contribution is 5.84. The Hall–Kier alpha value is -3.97. The maximum atomic E-state index is 16.2. The fourth-order valence-corrected chi connectivity index (χ4v) is 6.72. The van der Waals surface area contributed by atoms with E-state index in [9.17, 15) is 0 Å². The highest BCUT2D eigenvalue weighted by atomic mass is 19.1. The van der Waals surface area contributed by atoms with E-state index in [1.807, 2.05) is 30.3 Å². The quantitative estimate of drug-likeness (QED) is 0.249. The highest BCUT2D eigenvalue weighted by Gasteiger charge is 2.28. The second-order valence-electron chi connectivity index (χ2n) is 10.6. The van der Waals surface area contributed by atoms with Gasteiger partial charge < -0.3 is 0 Å². The molecule has 0 N–H and O–H groups in total. The van der Waals surface area contributed by atoms with Crippen molar-refractivity contribution >= 4 is 22.4 Å². The number of aryl methyl sites for hydroxylation is 1. The van der Waals surface area contributed by atoms with Crippen molar-refractivity contribution in [3.63, 3.8) is 0 Å². The standard InChI is InChI=1S/C36H29F/c1-22-9-3-6-12-26(22)34-23(2)15-17-31-30(34)20-19-29-27-13-7-5-11-25(27)21-33(35(29)31)32-18-16-24-10-4-8-14-28(24)36(32)37/h3-14,16,18-21,23,33H,15,17H2,1-2H3. The van der Waals surface area contributed by atoms with Gasteiger partial charge >= 0.3 is 0 Å². The van der Waals surface area contributed by atoms with Crippen molar-refractivity contribution in [1.82, 2.24) is 0 Å². The van der Waals surface area contributed by atoms with E-state index in [-0.39, 0.29) is 11.7 Å². The van der Waals surface area contributed by atoms with Gasteiger partial charge in [0.1, 0.15) is 5.82 Å². The van der Waals surface area contributed by atoms with E-state index in [1.54, 1.807) is 0 Å². The van der Waals surface area contributed by atoms with E-state index in [2.05, 4.69) is 86.7 Å². The van der Waals surface area contributed by atoms with E-state index in [0.717, 1.165) is 23.8 Å². The Morgan fingerprint density at radius 2 is 1.49 bits per heavy atom. The third-order valence-electron chi connectivity index (χ3n) is 8.54. The summed E-state index contributed by atoms with van der Waals surface area (Å²) >= 11 is 0. The lowest BCUT2D eigenvalue weighted by atomic mass is 9.74. The van der Waals surface area contributed by atoms with Crippen LogP contribution in [0.15, 0.2) is 97.1 Å². The molecule has 2 unspecified atom stereocenters. The van der Waals surface area contributed by atoms with Crippen molar-refractivity contribution in [2.75, 3.05) is 0 Å². The lowest BCUT2D eigenvalue weighted by molar-refractivity contribution is 0.617. The molecule has 2 aliphatic carbocycles. The smallest absolute Gasteiger partial charge is 0.135 e. The molecule has 5 aromatic rings. The summed E-state index contributed by atoms with van der Waals surface area (Å²) in [5.41, 5.74) is 7.51. The molecule has 0 heterocycles. The molecule has 0 bridgehead atoms. The molecule has 0 saturated carbocycles. The van der Waals surface area contributed by atoms with Gasteiger partial charge in [0.15, 0.2) is 0 Å². The van der Waals surface area contributed by atoms with Crippen molar-refractivity contribution in [2.24, 2.45) is 5.92 Å². The molecule has 0 nitrogen and oxygen atoms in total. The summed E-state index contributed by atoms with van der Waals surface area (Å²) in [5.74, 6) is 0.243. The minimum Gasteiger partial charge on any atom is -0.206 e. The first-order chi connectivity index (χ1) is 18.1. The number of halogens is 1. The second kappa shape index (κ2) is 8.56. The summed E-state index contributed by atoms with van der Waals surface area (Å²) in [4.78, 5) is 0. The summed E-state index contributed by atoms with van der Waals surface area (Å²) in [6.07, 6.45) is 4.40. The van der Waals surface area contributed by atoms with Crippen LogP contribution in [0.25, 0.3) is 22.4 Å². The van der Waals surface area contributed by atoms with Gasteiger partial charge in [0, 0.05) is 11.3 Å². The molecule has 2 aliphatic rings. The maximum absolute atomic E-state index is 16.2. The zero-order valence-corrected chi connectivity index (χ0v) is 21.3. The van der Waals surface area contributed by atoms with Crippen LogP contribution < -0.4 is 10.4 Å². The van der Waals surface area contributed by atoms with Gasteiger partial charge in [0.25, 0.3) is 0 Å². The summed E-state index contributed by atoms with van der Waals surface area (Å²) in [5, 5.41) is 6.64. The fourth-order valence-electron chi connectivity index (χ4n) is 6.72. The van der Waals surface area contributed by atoms with Crippen molar-refractivity contribution in [3.05, 3.63) is 152 Å². The Labute approximate surface area is 216 Å². The van der Waals surface area contributed by atoms with Gasteiger partial charge in [-0.1, -0.05) is 110 Å². The van der Waals surface area contributed by atoms with Crippen molar-refractivity contribution in [2.45, 2.75) is 32.6 Å². The average Bonchev–Trinajstić information content (AvgIpc) is 2.93. The van der Waals surface area contributed by atoms with Crippen LogP contribution in [-0.2, 0) is 6.42 Å². The number of fused-ring (bicyclic) bond motifs is 5. The number of hydrogen-bond donors (Lipinski definition) is 0. The molecule has 37 heavy (non-hydrogen) atoms. The molecule has 0 spiro atoms. The fraction of sp³-hybridized carbons (Fsp3) is 0.167. The minimum atomic E-state index is -0.129. The Kier molecular flexibility index (Phi) is 5.15. The van der Waals surface area contributed by atoms with Gasteiger partial charge in [-0.05, 0) is 85.3 Å². The summed E-state index contributed by atoms with van der Waals surface area (Å²) < 4.78 is 16.2. The van der Waals surface area contributed by atoms with Gasteiger partial charge in [0.2, 0.25) is 0 Å². The lowest BCUT2D eigenvalue weighted by Crippen LogP contribution is -2.28. The van der Waals surface area contributed by atoms with Crippen molar-refractivity contribution in [1.29, 1.82) is 0 Å². The Morgan fingerprint density at radius 3 is 2.38 bits per heavy atom. The average molecular weight is 481 g/mol. The van der Waals surface area contributed by atoms with E-state index >= 15 is 4.39 Å². The zero-order valence-electron chi connectivity index (χ0n) is 21.3. The predicted octanol–water partition coefficient (Wildman–Crippen LogP) is 7.28. The maximum Gasteiger partial charge on any atom is 0.135 e. The van der Waals surface area contributed by atoms with E-state index in [0.29, 0.717) is 11.3 Å². The highest BCUT2D eigenvalue weighted by Crippen LogP contribution is 2.38. The SMILES string of the molecule is Cc1ccccc1C1=c2ccc3c(c2CCC1C)C(c1ccc2ccccc2c1F)C=c1ccccc1=3. The Balaban J connectivity index is 1.62. The number of rotatable bonds is 2. The molecular formula is C36H29F. The van der Waals surface area contributed by atoms with Gasteiger partial charge in [-0.2, -0.15) is 0 Å². The van der Waals surface area contributed by atoms with Crippen LogP contribution in [0.2, 0.25) is 0 Å². The minimum absolute atomic E-state index is 0.102. The van der Waals surface area contributed by atoms with Crippen molar-refractivity contribution in [3.8, 4) is 0 Å². The first-order valence-electron chi connectivity index (χ1n) is 13.3. The summed E-state index contributed by atoms with van der Waals surface area (Å²) in [7, 11) is 0. The molecule has 0 saturated heterocycles. The van der Waals surface area contributed by atoms with Gasteiger partial charge in [-0.25, -0.2) is 4.39 Å². The van der Waals surface area contributed by atoms with Crippen LogP contribution in [0.5, 0.6) is 0 Å². The molecule has 0 aromatic heterocycles. The van der Waals surface area contributed by atoms with Crippen LogP contribution in [-0.4, -0.2) is 0 Å². The van der Waals surface area contributed by atoms with Crippen LogP contribution in [0, 0.1) is 29.1 Å². The molecule has 180 valence electrons. The van der Waals surface area contributed by atoms with E-state index in [1.165, 1.54) is 48.7 Å². The molecule has 7 rings (SSSR count). The first kappa shape index (κ1) is 22.2. The number of hydrogen-bond acceptors (Lipinski definition) is 0. The van der Waals surface area contributed by atoms with Crippen LogP contribution in [0.1, 0.15) is 47.1 Å². The van der Waals surface area contributed by atoms with E-state index in [4.69, 9.17) is 0 Å². The van der Waals surface area contributed by atoms with Crippen LogP contribution in [0.3, 0.4) is 0 Å². The van der Waals surface area contributed by atoms with E-state index < -0.39 is 0 Å². The van der Waals surface area contributed by atoms with Gasteiger partial charge in [0.05, 0.1) is 0 Å². The van der Waals surface area contributed by atoms with Crippen LogP contribution in [0.4, 0.5) is 4.39 Å². The third-order valence-corrected chi connectivity index (χ3v) is 8.54. The molecule has 0 aliphatic heterocycles. The first-order valence-corrected chi connectivity index (χ1v) is 13.3. The van der Waals surface area contributed by atoms with Crippen LogP contribution >= 0.6 is 0 Å². The molecule has 2 atom stereocenters. The normalized spacial score (nSPS) is 18.1. The monoisotopic (exact) mass is 480 g/mol. The lowest BCUT2D eigenvalue weighted by Gasteiger charge is -2.29. The Morgan fingerprint density at radius 1 is 0.730 bits per heavy atom. The number of benzene rings is 5. The molecule has 1 heteroatoms. The molecule has 5 aromatic carbocycles. The summed E-state index contributed by atoms with van der Waals surface area (Å²) in [6.45, 7) is 4.56. The molecule has 0 radical (unpaired) electrons. The summed E-state index contributed by atoms with van der Waals surface area (Å²) in [6, 6.07) is 33.8.